The lowest BCUT2D eigenvalue weighted by Gasteiger charge is -2.11. The van der Waals surface area contributed by atoms with E-state index < -0.39 is 10.0 Å². The standard InChI is InChI=1S/C11H13BrClNO2S2/c12-10-5-9(1-2-11(10)13)18(15,16)14-6-8-3-4-17-7-8/h1-2,5,8,14H,3-4,6-7H2. The summed E-state index contributed by atoms with van der Waals surface area (Å²) in [4.78, 5) is 0.240. The van der Waals surface area contributed by atoms with Gasteiger partial charge < -0.3 is 0 Å². The Morgan fingerprint density at radius 3 is 2.89 bits per heavy atom. The maximum atomic E-state index is 12.1. The number of thioether (sulfide) groups is 1. The molecule has 1 fully saturated rings. The van der Waals surface area contributed by atoms with Gasteiger partial charge in [-0.25, -0.2) is 13.1 Å². The third-order valence-corrected chi connectivity index (χ3v) is 6.65. The molecule has 2 rings (SSSR count). The molecule has 7 heteroatoms. The van der Waals surface area contributed by atoms with Gasteiger partial charge in [0.1, 0.15) is 0 Å². The highest BCUT2D eigenvalue weighted by Crippen LogP contribution is 2.26. The van der Waals surface area contributed by atoms with Gasteiger partial charge in [-0.3, -0.25) is 0 Å². The second kappa shape index (κ2) is 6.13. The molecular weight excluding hydrogens is 358 g/mol. The molecule has 1 unspecified atom stereocenters. The van der Waals surface area contributed by atoms with Gasteiger partial charge in [-0.15, -0.1) is 0 Å². The Kier molecular flexibility index (Phi) is 4.99. The minimum Gasteiger partial charge on any atom is -0.211 e. The van der Waals surface area contributed by atoms with Crippen LogP contribution in [0, 0.1) is 5.92 Å². The van der Waals surface area contributed by atoms with Gasteiger partial charge in [0.25, 0.3) is 0 Å². The van der Waals surface area contributed by atoms with Gasteiger partial charge in [-0.1, -0.05) is 11.6 Å². The van der Waals surface area contributed by atoms with E-state index in [0.717, 1.165) is 17.9 Å². The molecule has 0 radical (unpaired) electrons. The molecule has 0 saturated carbocycles. The minimum atomic E-state index is -3.43. The monoisotopic (exact) mass is 369 g/mol. The van der Waals surface area contributed by atoms with Crippen LogP contribution in [0.4, 0.5) is 0 Å². The van der Waals surface area contributed by atoms with Gasteiger partial charge in [0, 0.05) is 11.0 Å². The van der Waals surface area contributed by atoms with E-state index in [-0.39, 0.29) is 4.90 Å². The summed E-state index contributed by atoms with van der Waals surface area (Å²) in [7, 11) is -3.43. The van der Waals surface area contributed by atoms with Crippen molar-refractivity contribution < 1.29 is 8.42 Å². The summed E-state index contributed by atoms with van der Waals surface area (Å²) < 4.78 is 27.4. The first-order valence-electron chi connectivity index (χ1n) is 5.51. The predicted molar refractivity (Wildman–Crippen MR) is 79.8 cm³/mol. The van der Waals surface area contributed by atoms with Gasteiger partial charge in [0.05, 0.1) is 9.92 Å². The van der Waals surface area contributed by atoms with Crippen LogP contribution in [-0.2, 0) is 10.0 Å². The highest BCUT2D eigenvalue weighted by molar-refractivity contribution is 9.10. The molecule has 0 amide bonds. The van der Waals surface area contributed by atoms with Crippen LogP contribution >= 0.6 is 39.3 Å². The van der Waals surface area contributed by atoms with E-state index in [1.807, 2.05) is 11.8 Å². The molecule has 1 aromatic rings. The van der Waals surface area contributed by atoms with Gasteiger partial charge >= 0.3 is 0 Å². The third kappa shape index (κ3) is 3.63. The Hall–Kier alpha value is 0.250. The average molecular weight is 371 g/mol. The molecule has 0 bridgehead atoms. The molecule has 1 N–H and O–H groups in total. The van der Waals surface area contributed by atoms with Gasteiger partial charge in [0.2, 0.25) is 10.0 Å². The maximum absolute atomic E-state index is 12.1. The lowest BCUT2D eigenvalue weighted by molar-refractivity contribution is 0.546. The lowest BCUT2D eigenvalue weighted by atomic mass is 10.1. The van der Waals surface area contributed by atoms with Crippen LogP contribution in [0.2, 0.25) is 5.02 Å². The molecule has 1 aliphatic heterocycles. The normalized spacial score (nSPS) is 20.2. The van der Waals surface area contributed by atoms with Crippen molar-refractivity contribution >= 4 is 49.3 Å². The van der Waals surface area contributed by atoms with E-state index in [9.17, 15) is 8.42 Å². The largest absolute Gasteiger partial charge is 0.240 e. The van der Waals surface area contributed by atoms with E-state index in [1.165, 1.54) is 12.1 Å². The third-order valence-electron chi connectivity index (χ3n) is 2.79. The molecule has 1 aliphatic rings. The van der Waals surface area contributed by atoms with Crippen LogP contribution in [0.1, 0.15) is 6.42 Å². The van der Waals surface area contributed by atoms with Crippen LogP contribution in [0.5, 0.6) is 0 Å². The highest BCUT2D eigenvalue weighted by Gasteiger charge is 2.20. The molecule has 0 aromatic heterocycles. The molecule has 100 valence electrons. The number of hydrogen-bond acceptors (Lipinski definition) is 3. The first-order valence-corrected chi connectivity index (χ1v) is 9.32. The van der Waals surface area contributed by atoms with Crippen LogP contribution in [0.25, 0.3) is 0 Å². The smallest absolute Gasteiger partial charge is 0.211 e. The zero-order valence-corrected chi connectivity index (χ0v) is 13.5. The van der Waals surface area contributed by atoms with E-state index in [0.29, 0.717) is 22.0 Å². The Morgan fingerprint density at radius 1 is 1.50 bits per heavy atom. The summed E-state index contributed by atoms with van der Waals surface area (Å²) in [6, 6.07) is 4.61. The van der Waals surface area contributed by atoms with Gasteiger partial charge in [0.15, 0.2) is 0 Å². The average Bonchev–Trinajstić information content (AvgIpc) is 2.83. The lowest BCUT2D eigenvalue weighted by Crippen LogP contribution is -2.29. The Bertz CT molecular complexity index is 530. The van der Waals surface area contributed by atoms with E-state index in [1.54, 1.807) is 6.07 Å². The van der Waals surface area contributed by atoms with Crippen molar-refractivity contribution in [3.63, 3.8) is 0 Å². The van der Waals surface area contributed by atoms with Gasteiger partial charge in [-0.2, -0.15) is 11.8 Å². The Balaban J connectivity index is 2.07. The highest BCUT2D eigenvalue weighted by atomic mass is 79.9. The van der Waals surface area contributed by atoms with Crippen molar-refractivity contribution in [2.45, 2.75) is 11.3 Å². The number of rotatable bonds is 4. The van der Waals surface area contributed by atoms with Gasteiger partial charge in [-0.05, 0) is 58.0 Å². The first kappa shape index (κ1) is 14.7. The quantitative estimate of drug-likeness (QED) is 0.885. The predicted octanol–water partition coefficient (Wildman–Crippen LogP) is 3.13. The van der Waals surface area contributed by atoms with Crippen LogP contribution < -0.4 is 4.72 Å². The summed E-state index contributed by atoms with van der Waals surface area (Å²) in [5, 5.41) is 0.501. The number of sulfonamides is 1. The topological polar surface area (TPSA) is 46.2 Å². The zero-order valence-electron chi connectivity index (χ0n) is 9.53. The molecular formula is C11H13BrClNO2S2. The number of hydrogen-bond donors (Lipinski definition) is 1. The van der Waals surface area contributed by atoms with E-state index in [2.05, 4.69) is 20.7 Å². The second-order valence-corrected chi connectivity index (χ2v) is 8.34. The van der Waals surface area contributed by atoms with Crippen molar-refractivity contribution in [2.24, 2.45) is 5.92 Å². The Labute approximate surface area is 125 Å². The molecule has 1 aromatic carbocycles. The fourth-order valence-corrected chi connectivity index (χ4v) is 4.77. The summed E-state index contributed by atoms with van der Waals surface area (Å²) in [6.45, 7) is 0.510. The van der Waals surface area contributed by atoms with Crippen LogP contribution in [-0.4, -0.2) is 26.5 Å². The summed E-state index contributed by atoms with van der Waals surface area (Å²) in [5.74, 6) is 2.60. The fraction of sp³-hybridized carbons (Fsp3) is 0.455. The van der Waals surface area contributed by atoms with E-state index >= 15 is 0 Å². The maximum Gasteiger partial charge on any atom is 0.240 e. The second-order valence-electron chi connectivity index (χ2n) is 4.16. The SMILES string of the molecule is O=S(=O)(NCC1CCSC1)c1ccc(Cl)c(Br)c1. The fourth-order valence-electron chi connectivity index (χ4n) is 1.70. The Morgan fingerprint density at radius 2 is 2.28 bits per heavy atom. The van der Waals surface area contributed by atoms with E-state index in [4.69, 9.17) is 11.6 Å². The molecule has 1 saturated heterocycles. The van der Waals surface area contributed by atoms with Crippen molar-refractivity contribution in [3.8, 4) is 0 Å². The van der Waals surface area contributed by atoms with Crippen LogP contribution in [0.15, 0.2) is 27.6 Å². The first-order chi connectivity index (χ1) is 8.49. The van der Waals surface area contributed by atoms with Crippen molar-refractivity contribution in [1.29, 1.82) is 0 Å². The molecule has 18 heavy (non-hydrogen) atoms. The number of benzene rings is 1. The molecule has 1 atom stereocenters. The number of halogens is 2. The zero-order chi connectivity index (χ0) is 13.2. The minimum absolute atomic E-state index is 0.240. The van der Waals surface area contributed by atoms with Crippen molar-refractivity contribution in [1.82, 2.24) is 4.72 Å². The molecule has 0 aliphatic carbocycles. The molecule has 3 nitrogen and oxygen atoms in total. The van der Waals surface area contributed by atoms with Crippen molar-refractivity contribution in [3.05, 3.63) is 27.7 Å². The number of nitrogens with one attached hydrogen (secondary N) is 1. The molecule has 0 spiro atoms. The summed E-state index contributed by atoms with van der Waals surface area (Å²) in [5.41, 5.74) is 0. The van der Waals surface area contributed by atoms with Crippen molar-refractivity contribution in [2.75, 3.05) is 18.1 Å². The van der Waals surface area contributed by atoms with Crippen LogP contribution in [0.3, 0.4) is 0 Å². The summed E-state index contributed by atoms with van der Waals surface area (Å²) in [6.07, 6.45) is 1.08. The molecule has 1 heterocycles. The summed E-state index contributed by atoms with van der Waals surface area (Å²) >= 11 is 10.9.